The summed E-state index contributed by atoms with van der Waals surface area (Å²) in [4.78, 5) is 21.6. The van der Waals surface area contributed by atoms with Crippen LogP contribution in [0.25, 0.3) is 0 Å². The lowest BCUT2D eigenvalue weighted by molar-refractivity contribution is -0.118. The standard InChI is InChI=1S/C12H16N2O5S/c1-7(6-11(13)15)14-20(18,19)10-5-3-4-9(8(10)2)12(16)17/h3-5,7,14H,6H2,1-2H3,(H2,13,15)(H,16,17). The van der Waals surface area contributed by atoms with Crippen LogP contribution in [0.3, 0.4) is 0 Å². The Hall–Kier alpha value is -1.93. The van der Waals surface area contributed by atoms with Gasteiger partial charge in [-0.25, -0.2) is 17.9 Å². The molecule has 0 heterocycles. The number of nitrogens with two attached hydrogens (primary N) is 1. The lowest BCUT2D eigenvalue weighted by Crippen LogP contribution is -2.36. The van der Waals surface area contributed by atoms with Crippen molar-refractivity contribution in [2.75, 3.05) is 0 Å². The van der Waals surface area contributed by atoms with E-state index in [0.29, 0.717) is 0 Å². The third-order valence-corrected chi connectivity index (χ3v) is 4.40. The molecule has 0 radical (unpaired) electrons. The Morgan fingerprint density at radius 3 is 2.50 bits per heavy atom. The van der Waals surface area contributed by atoms with E-state index in [1.165, 1.54) is 32.0 Å². The van der Waals surface area contributed by atoms with Gasteiger partial charge in [0.15, 0.2) is 0 Å². The van der Waals surface area contributed by atoms with Crippen molar-refractivity contribution in [3.05, 3.63) is 29.3 Å². The van der Waals surface area contributed by atoms with E-state index in [4.69, 9.17) is 10.8 Å². The third-order valence-electron chi connectivity index (χ3n) is 2.67. The molecule has 0 saturated carbocycles. The highest BCUT2D eigenvalue weighted by Crippen LogP contribution is 2.19. The molecule has 0 aliphatic heterocycles. The van der Waals surface area contributed by atoms with Crippen LogP contribution in [-0.4, -0.2) is 31.4 Å². The number of hydrogen-bond acceptors (Lipinski definition) is 4. The first-order valence-electron chi connectivity index (χ1n) is 5.78. The number of aromatic carboxylic acids is 1. The van der Waals surface area contributed by atoms with Crippen molar-refractivity contribution in [1.82, 2.24) is 4.72 Å². The molecule has 1 aromatic carbocycles. The number of hydrogen-bond donors (Lipinski definition) is 3. The highest BCUT2D eigenvalue weighted by atomic mass is 32.2. The maximum atomic E-state index is 12.2. The summed E-state index contributed by atoms with van der Waals surface area (Å²) in [5, 5.41) is 8.98. The van der Waals surface area contributed by atoms with Crippen LogP contribution in [0.1, 0.15) is 29.3 Å². The Morgan fingerprint density at radius 1 is 1.40 bits per heavy atom. The Balaban J connectivity index is 3.13. The van der Waals surface area contributed by atoms with Crippen molar-refractivity contribution in [2.45, 2.75) is 31.2 Å². The van der Waals surface area contributed by atoms with E-state index in [1.807, 2.05) is 0 Å². The van der Waals surface area contributed by atoms with Gasteiger partial charge in [-0.15, -0.1) is 0 Å². The van der Waals surface area contributed by atoms with Gasteiger partial charge >= 0.3 is 5.97 Å². The summed E-state index contributed by atoms with van der Waals surface area (Å²) in [5.74, 6) is -1.83. The van der Waals surface area contributed by atoms with Crippen molar-refractivity contribution < 1.29 is 23.1 Å². The molecule has 1 rings (SSSR count). The molecule has 8 heteroatoms. The van der Waals surface area contributed by atoms with E-state index in [9.17, 15) is 18.0 Å². The molecule has 0 saturated heterocycles. The monoisotopic (exact) mass is 300 g/mol. The molecule has 1 unspecified atom stereocenters. The highest BCUT2D eigenvalue weighted by Gasteiger charge is 2.22. The minimum Gasteiger partial charge on any atom is -0.478 e. The Bertz CT molecular complexity index is 639. The molecule has 110 valence electrons. The van der Waals surface area contributed by atoms with E-state index in [1.54, 1.807) is 0 Å². The molecule has 4 N–H and O–H groups in total. The topological polar surface area (TPSA) is 127 Å². The molecular formula is C12H16N2O5S. The average molecular weight is 300 g/mol. The first-order chi connectivity index (χ1) is 9.15. The molecule has 0 fully saturated rings. The molecule has 0 aliphatic carbocycles. The summed E-state index contributed by atoms with van der Waals surface area (Å²) in [5.41, 5.74) is 5.04. The number of carbonyl (C=O) groups is 2. The zero-order chi connectivity index (χ0) is 15.5. The van der Waals surface area contributed by atoms with E-state index in [-0.39, 0.29) is 22.4 Å². The van der Waals surface area contributed by atoms with Gasteiger partial charge in [0.05, 0.1) is 10.5 Å². The summed E-state index contributed by atoms with van der Waals surface area (Å²) in [6.45, 7) is 2.91. The van der Waals surface area contributed by atoms with Crippen LogP contribution in [0, 0.1) is 6.92 Å². The van der Waals surface area contributed by atoms with E-state index >= 15 is 0 Å². The largest absolute Gasteiger partial charge is 0.478 e. The number of carboxylic acids is 1. The first kappa shape index (κ1) is 16.1. The van der Waals surface area contributed by atoms with Gasteiger partial charge in [0.25, 0.3) is 0 Å². The van der Waals surface area contributed by atoms with Gasteiger partial charge in [0.1, 0.15) is 0 Å². The first-order valence-corrected chi connectivity index (χ1v) is 7.27. The molecule has 7 nitrogen and oxygen atoms in total. The van der Waals surface area contributed by atoms with E-state index in [2.05, 4.69) is 4.72 Å². The fourth-order valence-electron chi connectivity index (χ4n) is 1.81. The average Bonchev–Trinajstić information content (AvgIpc) is 2.26. The zero-order valence-corrected chi connectivity index (χ0v) is 11.9. The lowest BCUT2D eigenvalue weighted by atomic mass is 10.1. The number of amides is 1. The van der Waals surface area contributed by atoms with Gasteiger partial charge in [-0.3, -0.25) is 4.79 Å². The summed E-state index contributed by atoms with van der Waals surface area (Å²) in [6.07, 6.45) is -0.142. The maximum absolute atomic E-state index is 12.2. The number of carboxylic acid groups (broad SMARTS) is 1. The Labute approximate surface area is 116 Å². The minimum absolute atomic E-state index is 0.0876. The van der Waals surface area contributed by atoms with Crippen LogP contribution in [0.2, 0.25) is 0 Å². The maximum Gasteiger partial charge on any atom is 0.335 e. The van der Waals surface area contributed by atoms with Gasteiger partial charge in [0, 0.05) is 12.5 Å². The number of benzene rings is 1. The summed E-state index contributed by atoms with van der Waals surface area (Å²) in [7, 11) is -3.91. The normalized spacial score (nSPS) is 12.9. The summed E-state index contributed by atoms with van der Waals surface area (Å²) < 4.78 is 26.6. The lowest BCUT2D eigenvalue weighted by Gasteiger charge is -2.15. The van der Waals surface area contributed by atoms with E-state index < -0.39 is 27.9 Å². The van der Waals surface area contributed by atoms with Crippen molar-refractivity contribution in [1.29, 1.82) is 0 Å². The predicted octanol–water partition coefficient (Wildman–Crippen LogP) is 0.235. The van der Waals surface area contributed by atoms with Crippen LogP contribution < -0.4 is 10.5 Å². The SMILES string of the molecule is Cc1c(C(=O)O)cccc1S(=O)(=O)NC(C)CC(N)=O. The fraction of sp³-hybridized carbons (Fsp3) is 0.333. The number of primary amides is 1. The molecule has 20 heavy (non-hydrogen) atoms. The second kappa shape index (κ2) is 6.02. The van der Waals surface area contributed by atoms with Crippen molar-refractivity contribution in [3.63, 3.8) is 0 Å². The van der Waals surface area contributed by atoms with Crippen molar-refractivity contribution >= 4 is 21.9 Å². The fourth-order valence-corrected chi connectivity index (χ4v) is 3.32. The minimum atomic E-state index is -3.91. The molecule has 0 aromatic heterocycles. The second-order valence-corrected chi connectivity index (χ2v) is 6.11. The van der Waals surface area contributed by atoms with Gasteiger partial charge in [0.2, 0.25) is 15.9 Å². The van der Waals surface area contributed by atoms with Crippen LogP contribution in [0.4, 0.5) is 0 Å². The highest BCUT2D eigenvalue weighted by molar-refractivity contribution is 7.89. The number of rotatable bonds is 6. The molecule has 0 bridgehead atoms. The second-order valence-electron chi connectivity index (χ2n) is 4.43. The van der Waals surface area contributed by atoms with Gasteiger partial charge in [-0.1, -0.05) is 6.07 Å². The number of carbonyl (C=O) groups excluding carboxylic acids is 1. The molecule has 1 atom stereocenters. The zero-order valence-electron chi connectivity index (χ0n) is 11.1. The Morgan fingerprint density at radius 2 is 2.00 bits per heavy atom. The Kier molecular flexibility index (Phi) is 4.85. The molecule has 1 aromatic rings. The van der Waals surface area contributed by atoms with E-state index in [0.717, 1.165) is 0 Å². The van der Waals surface area contributed by atoms with Crippen LogP contribution in [0.15, 0.2) is 23.1 Å². The van der Waals surface area contributed by atoms with Gasteiger partial charge < -0.3 is 10.8 Å². The molecule has 0 spiro atoms. The van der Waals surface area contributed by atoms with Crippen LogP contribution >= 0.6 is 0 Å². The molecule has 0 aliphatic rings. The predicted molar refractivity (Wildman–Crippen MR) is 71.7 cm³/mol. The van der Waals surface area contributed by atoms with Crippen LogP contribution in [-0.2, 0) is 14.8 Å². The van der Waals surface area contributed by atoms with Crippen LogP contribution in [0.5, 0.6) is 0 Å². The van der Waals surface area contributed by atoms with Gasteiger partial charge in [-0.2, -0.15) is 0 Å². The number of sulfonamides is 1. The third kappa shape index (κ3) is 3.78. The smallest absolute Gasteiger partial charge is 0.335 e. The van der Waals surface area contributed by atoms with Crippen molar-refractivity contribution in [2.24, 2.45) is 5.73 Å². The number of nitrogens with one attached hydrogen (secondary N) is 1. The van der Waals surface area contributed by atoms with Gasteiger partial charge in [-0.05, 0) is 31.5 Å². The van der Waals surface area contributed by atoms with Crippen molar-refractivity contribution in [3.8, 4) is 0 Å². The summed E-state index contributed by atoms with van der Waals surface area (Å²) >= 11 is 0. The quantitative estimate of drug-likeness (QED) is 0.693. The molecule has 1 amide bonds. The summed E-state index contributed by atoms with van der Waals surface area (Å²) in [6, 6.07) is 3.30. The molecular weight excluding hydrogens is 284 g/mol.